The Labute approximate surface area is 102 Å². The van der Waals surface area contributed by atoms with Gasteiger partial charge in [0.1, 0.15) is 12.0 Å². The van der Waals surface area contributed by atoms with Crippen molar-refractivity contribution in [2.45, 2.75) is 6.92 Å². The topological polar surface area (TPSA) is 67.8 Å². The lowest BCUT2D eigenvalue weighted by Gasteiger charge is -1.98. The first-order valence-electron chi connectivity index (χ1n) is 5.19. The number of nitrogen functional groups attached to an aromatic ring is 1. The van der Waals surface area contributed by atoms with Crippen LogP contribution in [0.1, 0.15) is 5.76 Å². The minimum Gasteiger partial charge on any atom is -0.469 e. The number of furan rings is 1. The molecule has 0 aliphatic carbocycles. The maximum atomic E-state index is 5.91. The van der Waals surface area contributed by atoms with Gasteiger partial charge in [0, 0.05) is 10.4 Å². The van der Waals surface area contributed by atoms with Gasteiger partial charge >= 0.3 is 0 Å². The molecule has 0 unspecified atom stereocenters. The predicted octanol–water partition coefficient (Wildman–Crippen LogP) is 3.29. The number of anilines is 1. The number of aromatic nitrogens is 2. The van der Waals surface area contributed by atoms with E-state index in [0.29, 0.717) is 5.82 Å². The highest BCUT2D eigenvalue weighted by Crippen LogP contribution is 2.37. The number of thiophene rings is 1. The van der Waals surface area contributed by atoms with Gasteiger partial charge in [-0.2, -0.15) is 5.10 Å². The third kappa shape index (κ3) is 1.64. The summed E-state index contributed by atoms with van der Waals surface area (Å²) in [7, 11) is 0. The van der Waals surface area contributed by atoms with E-state index in [2.05, 4.69) is 10.2 Å². The highest BCUT2D eigenvalue weighted by molar-refractivity contribution is 7.13. The van der Waals surface area contributed by atoms with Crippen molar-refractivity contribution in [1.82, 2.24) is 10.2 Å². The maximum Gasteiger partial charge on any atom is 0.154 e. The summed E-state index contributed by atoms with van der Waals surface area (Å²) in [6.07, 6.45) is 1.71. The highest BCUT2D eigenvalue weighted by atomic mass is 32.1. The average molecular weight is 245 g/mol. The number of H-pyrrole nitrogens is 1. The van der Waals surface area contributed by atoms with Gasteiger partial charge in [-0.3, -0.25) is 5.10 Å². The Hall–Kier alpha value is -2.01. The van der Waals surface area contributed by atoms with Gasteiger partial charge in [-0.15, -0.1) is 11.3 Å². The quantitative estimate of drug-likeness (QED) is 0.728. The molecule has 4 nitrogen and oxygen atoms in total. The zero-order valence-corrected chi connectivity index (χ0v) is 10.0. The second-order valence-electron chi connectivity index (χ2n) is 3.78. The largest absolute Gasteiger partial charge is 0.469 e. The Balaban J connectivity index is 2.19. The summed E-state index contributed by atoms with van der Waals surface area (Å²) in [6.45, 7) is 1.91. The number of rotatable bonds is 2. The molecule has 0 aliphatic rings. The fraction of sp³-hybridized carbons (Fsp3) is 0.0833. The van der Waals surface area contributed by atoms with Gasteiger partial charge in [0.05, 0.1) is 11.3 Å². The fourth-order valence-corrected chi connectivity index (χ4v) is 2.60. The van der Waals surface area contributed by atoms with Crippen molar-refractivity contribution in [3.05, 3.63) is 35.6 Å². The van der Waals surface area contributed by atoms with E-state index in [-0.39, 0.29) is 0 Å². The molecule has 0 bridgehead atoms. The van der Waals surface area contributed by atoms with Gasteiger partial charge < -0.3 is 10.2 Å². The molecule has 0 amide bonds. The molecule has 0 aliphatic heterocycles. The van der Waals surface area contributed by atoms with Crippen molar-refractivity contribution in [2.75, 3.05) is 5.73 Å². The van der Waals surface area contributed by atoms with Crippen LogP contribution in [-0.2, 0) is 0 Å². The molecule has 3 aromatic heterocycles. The van der Waals surface area contributed by atoms with Crippen LogP contribution < -0.4 is 5.73 Å². The van der Waals surface area contributed by atoms with E-state index < -0.39 is 0 Å². The number of nitrogens with one attached hydrogen (secondary N) is 1. The summed E-state index contributed by atoms with van der Waals surface area (Å²) in [6, 6.07) is 5.99. The van der Waals surface area contributed by atoms with Gasteiger partial charge in [0.2, 0.25) is 0 Å². The summed E-state index contributed by atoms with van der Waals surface area (Å²) >= 11 is 1.64. The molecular formula is C12H11N3OS. The van der Waals surface area contributed by atoms with E-state index in [1.807, 2.05) is 30.5 Å². The molecule has 3 aromatic rings. The zero-order chi connectivity index (χ0) is 11.8. The smallest absolute Gasteiger partial charge is 0.154 e. The highest BCUT2D eigenvalue weighted by Gasteiger charge is 2.16. The Morgan fingerprint density at radius 3 is 3.00 bits per heavy atom. The predicted molar refractivity (Wildman–Crippen MR) is 68.8 cm³/mol. The number of hydrogen-bond acceptors (Lipinski definition) is 4. The van der Waals surface area contributed by atoms with E-state index in [1.54, 1.807) is 17.6 Å². The summed E-state index contributed by atoms with van der Waals surface area (Å²) in [5.74, 6) is 1.38. The second-order valence-corrected chi connectivity index (χ2v) is 4.73. The molecule has 86 valence electrons. The second kappa shape index (κ2) is 3.78. The van der Waals surface area contributed by atoms with Crippen molar-refractivity contribution in [3.8, 4) is 21.7 Å². The van der Waals surface area contributed by atoms with Gasteiger partial charge in [-0.25, -0.2) is 0 Å². The number of hydrogen-bond donors (Lipinski definition) is 2. The third-order valence-electron chi connectivity index (χ3n) is 2.58. The van der Waals surface area contributed by atoms with E-state index in [4.69, 9.17) is 10.2 Å². The lowest BCUT2D eigenvalue weighted by atomic mass is 10.1. The first-order chi connectivity index (χ1) is 8.25. The third-order valence-corrected chi connectivity index (χ3v) is 3.47. The Morgan fingerprint density at radius 1 is 1.47 bits per heavy atom. The lowest BCUT2D eigenvalue weighted by Crippen LogP contribution is -1.86. The summed E-state index contributed by atoms with van der Waals surface area (Å²) in [5.41, 5.74) is 8.73. The molecule has 3 N–H and O–H groups in total. The number of aromatic amines is 1. The van der Waals surface area contributed by atoms with Crippen LogP contribution in [0.4, 0.5) is 5.82 Å². The van der Waals surface area contributed by atoms with Crippen molar-refractivity contribution >= 4 is 17.2 Å². The van der Waals surface area contributed by atoms with Crippen LogP contribution in [0.2, 0.25) is 0 Å². The van der Waals surface area contributed by atoms with Crippen LogP contribution in [0.15, 0.2) is 34.3 Å². The minimum atomic E-state index is 0.515. The first-order valence-corrected chi connectivity index (χ1v) is 6.07. The minimum absolute atomic E-state index is 0.515. The van der Waals surface area contributed by atoms with Crippen molar-refractivity contribution < 1.29 is 4.42 Å². The number of nitrogens with two attached hydrogens (primary N) is 1. The van der Waals surface area contributed by atoms with Crippen LogP contribution in [-0.4, -0.2) is 10.2 Å². The van der Waals surface area contributed by atoms with Crippen LogP contribution in [0.25, 0.3) is 21.7 Å². The Kier molecular flexibility index (Phi) is 2.26. The van der Waals surface area contributed by atoms with Crippen molar-refractivity contribution in [3.63, 3.8) is 0 Å². The Bertz CT molecular complexity index is 637. The molecule has 5 heteroatoms. The summed E-state index contributed by atoms with van der Waals surface area (Å²) in [5, 5.41) is 9.06. The lowest BCUT2D eigenvalue weighted by molar-refractivity contribution is 0.535. The normalized spacial score (nSPS) is 10.9. The van der Waals surface area contributed by atoms with Gasteiger partial charge in [-0.1, -0.05) is 6.07 Å². The molecule has 0 saturated heterocycles. The number of aryl methyl sites for hydroxylation is 1. The van der Waals surface area contributed by atoms with Gasteiger partial charge in [-0.05, 0) is 24.4 Å². The van der Waals surface area contributed by atoms with Gasteiger partial charge in [0.15, 0.2) is 5.82 Å². The van der Waals surface area contributed by atoms with Gasteiger partial charge in [0.25, 0.3) is 0 Å². The molecule has 3 rings (SSSR count). The molecule has 0 radical (unpaired) electrons. The molecule has 0 fully saturated rings. The molecular weight excluding hydrogens is 234 g/mol. The van der Waals surface area contributed by atoms with Crippen LogP contribution in [0.5, 0.6) is 0 Å². The van der Waals surface area contributed by atoms with Crippen molar-refractivity contribution in [2.24, 2.45) is 0 Å². The van der Waals surface area contributed by atoms with Crippen LogP contribution >= 0.6 is 11.3 Å². The standard InChI is InChI=1S/C12H11N3OS/c1-7-5-8(6-16-7)11-10(12(13)15-14-11)9-3-2-4-17-9/h2-6H,1H3,(H3,13,14,15). The van der Waals surface area contributed by atoms with Crippen LogP contribution in [0.3, 0.4) is 0 Å². The van der Waals surface area contributed by atoms with E-state index in [0.717, 1.165) is 27.5 Å². The van der Waals surface area contributed by atoms with E-state index >= 15 is 0 Å². The van der Waals surface area contributed by atoms with Crippen molar-refractivity contribution in [1.29, 1.82) is 0 Å². The van der Waals surface area contributed by atoms with E-state index in [1.165, 1.54) is 0 Å². The molecule has 3 heterocycles. The molecule has 17 heavy (non-hydrogen) atoms. The molecule has 0 aromatic carbocycles. The Morgan fingerprint density at radius 2 is 2.35 bits per heavy atom. The van der Waals surface area contributed by atoms with E-state index in [9.17, 15) is 0 Å². The maximum absolute atomic E-state index is 5.91. The molecule has 0 saturated carbocycles. The monoisotopic (exact) mass is 245 g/mol. The molecule has 0 atom stereocenters. The fourth-order valence-electron chi connectivity index (χ4n) is 1.81. The summed E-state index contributed by atoms with van der Waals surface area (Å²) in [4.78, 5) is 1.10. The number of nitrogens with zero attached hydrogens (tertiary/aromatic N) is 1. The summed E-state index contributed by atoms with van der Waals surface area (Å²) < 4.78 is 5.32. The first kappa shape index (κ1) is 10.2. The average Bonchev–Trinajstić information content (AvgIpc) is 2.97. The molecule has 0 spiro atoms. The SMILES string of the molecule is Cc1cc(-c2[nH]nc(N)c2-c2cccs2)co1. The zero-order valence-electron chi connectivity index (χ0n) is 9.23. The van der Waals surface area contributed by atoms with Crippen LogP contribution in [0, 0.1) is 6.92 Å².